The van der Waals surface area contributed by atoms with E-state index in [2.05, 4.69) is 4.98 Å². The Morgan fingerprint density at radius 1 is 1.86 bits per heavy atom. The molecule has 1 rings (SSSR count). The van der Waals surface area contributed by atoms with Crippen LogP contribution < -0.4 is 0 Å². The van der Waals surface area contributed by atoms with Gasteiger partial charge < -0.3 is 4.42 Å². The largest absolute Gasteiger partial charge is 0.439 e. The number of nitrogens with zero attached hydrogens (tertiary/aromatic N) is 1. The first-order chi connectivity index (χ1) is 3.29. The Kier molecular flexibility index (Phi) is 1.53. The summed E-state index contributed by atoms with van der Waals surface area (Å²) < 4.78 is 5.28. The summed E-state index contributed by atoms with van der Waals surface area (Å²) in [7, 11) is 0. The first-order valence-corrected chi connectivity index (χ1v) is 3.01. The number of rotatable bonds is 0. The molecular formula is C3HClINO. The van der Waals surface area contributed by atoms with Gasteiger partial charge in [0.2, 0.25) is 0 Å². The van der Waals surface area contributed by atoms with Crippen molar-refractivity contribution < 1.29 is 4.42 Å². The van der Waals surface area contributed by atoms with Gasteiger partial charge in [0.1, 0.15) is 6.26 Å². The number of aromatic nitrogens is 1. The summed E-state index contributed by atoms with van der Waals surface area (Å²) in [6.45, 7) is 0. The van der Waals surface area contributed by atoms with Crippen LogP contribution in [-0.2, 0) is 0 Å². The van der Waals surface area contributed by atoms with Crippen LogP contribution in [0.25, 0.3) is 0 Å². The molecule has 0 N–H and O–H groups in total. The fourth-order valence-corrected chi connectivity index (χ4v) is 0.885. The first kappa shape index (κ1) is 5.37. The van der Waals surface area contributed by atoms with E-state index >= 15 is 0 Å². The summed E-state index contributed by atoms with van der Waals surface area (Å²) >= 11 is 7.29. The lowest BCUT2D eigenvalue weighted by Gasteiger charge is -1.64. The third-order valence-corrected chi connectivity index (χ3v) is 1.12. The van der Waals surface area contributed by atoms with E-state index in [1.54, 1.807) is 0 Å². The molecule has 0 bridgehead atoms. The van der Waals surface area contributed by atoms with Crippen LogP contribution in [0.4, 0.5) is 0 Å². The zero-order valence-electron chi connectivity index (χ0n) is 3.19. The molecule has 7 heavy (non-hydrogen) atoms. The van der Waals surface area contributed by atoms with E-state index in [0.717, 1.165) is 0 Å². The molecule has 1 heterocycles. The third-order valence-electron chi connectivity index (χ3n) is 0.448. The Hall–Kier alpha value is 0.230. The molecule has 1 aromatic heterocycles. The second-order valence-corrected chi connectivity index (χ2v) is 2.23. The van der Waals surface area contributed by atoms with Crippen molar-refractivity contribution >= 4 is 34.2 Å². The quantitative estimate of drug-likeness (QED) is 0.635. The van der Waals surface area contributed by atoms with Crippen LogP contribution in [0.5, 0.6) is 0 Å². The van der Waals surface area contributed by atoms with Crippen LogP contribution in [0.15, 0.2) is 10.7 Å². The van der Waals surface area contributed by atoms with Gasteiger partial charge in [0.05, 0.1) is 0 Å². The van der Waals surface area contributed by atoms with Crippen molar-refractivity contribution in [3.8, 4) is 0 Å². The van der Waals surface area contributed by atoms with Gasteiger partial charge >= 0.3 is 0 Å². The molecule has 0 atom stereocenters. The lowest BCUT2D eigenvalue weighted by molar-refractivity contribution is 0.525. The van der Waals surface area contributed by atoms with Crippen LogP contribution in [-0.4, -0.2) is 4.98 Å². The number of oxazole rings is 1. The molecule has 0 saturated heterocycles. The summed E-state index contributed by atoms with van der Waals surface area (Å²) in [5, 5.41) is 0.407. The van der Waals surface area contributed by atoms with Gasteiger partial charge in [-0.3, -0.25) is 0 Å². The molecule has 0 saturated carbocycles. The standard InChI is InChI=1S/C3HClINO/c4-2-1-7-3(5)6-2/h1H. The Morgan fingerprint density at radius 3 is 2.71 bits per heavy atom. The van der Waals surface area contributed by atoms with Crippen LogP contribution in [0, 0.1) is 3.90 Å². The minimum Gasteiger partial charge on any atom is -0.439 e. The fraction of sp³-hybridized carbons (Fsp3) is 0. The van der Waals surface area contributed by atoms with Crippen LogP contribution in [0.3, 0.4) is 0 Å². The lowest BCUT2D eigenvalue weighted by atomic mass is 11.0. The number of halogens is 2. The fourth-order valence-electron chi connectivity index (χ4n) is 0.234. The van der Waals surface area contributed by atoms with Gasteiger partial charge in [0, 0.05) is 22.6 Å². The average molecular weight is 229 g/mol. The highest BCUT2D eigenvalue weighted by Crippen LogP contribution is 2.08. The molecular weight excluding hydrogens is 228 g/mol. The van der Waals surface area contributed by atoms with Gasteiger partial charge in [-0.15, -0.1) is 0 Å². The van der Waals surface area contributed by atoms with E-state index in [1.807, 2.05) is 22.6 Å². The van der Waals surface area contributed by atoms with Crippen LogP contribution in [0.2, 0.25) is 5.15 Å². The van der Waals surface area contributed by atoms with Crippen molar-refractivity contribution in [2.45, 2.75) is 0 Å². The molecule has 0 spiro atoms. The van der Waals surface area contributed by atoms with Gasteiger partial charge in [-0.05, 0) is 0 Å². The average Bonchev–Trinajstić information content (AvgIpc) is 1.87. The normalized spacial score (nSPS) is 9.43. The number of hydrogen-bond acceptors (Lipinski definition) is 2. The maximum atomic E-state index is 5.35. The molecule has 0 radical (unpaired) electrons. The molecule has 4 heteroatoms. The Bertz CT molecular complexity index is 147. The summed E-state index contributed by atoms with van der Waals surface area (Å²) in [4.78, 5) is 3.70. The minimum atomic E-state index is 0.407. The van der Waals surface area contributed by atoms with Crippen molar-refractivity contribution in [1.82, 2.24) is 4.98 Å². The van der Waals surface area contributed by atoms with E-state index in [1.165, 1.54) is 6.26 Å². The predicted molar refractivity (Wildman–Crippen MR) is 34.2 cm³/mol. The molecule has 0 fully saturated rings. The van der Waals surface area contributed by atoms with Crippen LogP contribution in [0.1, 0.15) is 0 Å². The molecule has 38 valence electrons. The molecule has 2 nitrogen and oxygen atoms in total. The smallest absolute Gasteiger partial charge is 0.258 e. The zero-order chi connectivity index (χ0) is 5.28. The van der Waals surface area contributed by atoms with Gasteiger partial charge in [0.25, 0.3) is 3.90 Å². The van der Waals surface area contributed by atoms with E-state index < -0.39 is 0 Å². The van der Waals surface area contributed by atoms with Crippen molar-refractivity contribution in [3.05, 3.63) is 15.3 Å². The van der Waals surface area contributed by atoms with Gasteiger partial charge in [-0.1, -0.05) is 11.6 Å². The third kappa shape index (κ3) is 1.31. The highest BCUT2D eigenvalue weighted by Gasteiger charge is 1.92. The highest BCUT2D eigenvalue weighted by atomic mass is 127. The molecule has 0 aliphatic rings. The van der Waals surface area contributed by atoms with Crippen molar-refractivity contribution in [2.24, 2.45) is 0 Å². The van der Waals surface area contributed by atoms with Gasteiger partial charge in [-0.2, -0.15) is 4.98 Å². The Morgan fingerprint density at radius 2 is 2.57 bits per heavy atom. The van der Waals surface area contributed by atoms with Gasteiger partial charge in [-0.25, -0.2) is 0 Å². The van der Waals surface area contributed by atoms with Crippen molar-refractivity contribution in [1.29, 1.82) is 0 Å². The minimum absolute atomic E-state index is 0.407. The second kappa shape index (κ2) is 2.00. The topological polar surface area (TPSA) is 26.0 Å². The molecule has 0 aliphatic carbocycles. The molecule has 0 amide bonds. The maximum absolute atomic E-state index is 5.35. The van der Waals surface area contributed by atoms with E-state index in [9.17, 15) is 0 Å². The monoisotopic (exact) mass is 229 g/mol. The Balaban J connectivity index is 3.04. The second-order valence-electron chi connectivity index (χ2n) is 0.923. The molecule has 1 aromatic rings. The SMILES string of the molecule is Clc1coc(I)n1. The molecule has 0 aliphatic heterocycles. The Labute approximate surface area is 59.0 Å². The highest BCUT2D eigenvalue weighted by molar-refractivity contribution is 14.1. The zero-order valence-corrected chi connectivity index (χ0v) is 6.10. The maximum Gasteiger partial charge on any atom is 0.258 e. The summed E-state index contributed by atoms with van der Waals surface area (Å²) in [5.41, 5.74) is 0. The van der Waals surface area contributed by atoms with Gasteiger partial charge in [0.15, 0.2) is 5.15 Å². The van der Waals surface area contributed by atoms with E-state index in [-0.39, 0.29) is 0 Å². The lowest BCUT2D eigenvalue weighted by Crippen LogP contribution is -1.61. The first-order valence-electron chi connectivity index (χ1n) is 1.55. The number of hydrogen-bond donors (Lipinski definition) is 0. The summed E-state index contributed by atoms with van der Waals surface area (Å²) in [6, 6.07) is 0. The van der Waals surface area contributed by atoms with Crippen LogP contribution >= 0.6 is 34.2 Å². The van der Waals surface area contributed by atoms with Crippen molar-refractivity contribution in [2.75, 3.05) is 0 Å². The molecule has 0 aromatic carbocycles. The molecule has 0 unspecified atom stereocenters. The predicted octanol–water partition coefficient (Wildman–Crippen LogP) is 1.93. The van der Waals surface area contributed by atoms with E-state index in [0.29, 0.717) is 9.05 Å². The van der Waals surface area contributed by atoms with E-state index in [4.69, 9.17) is 16.0 Å². The van der Waals surface area contributed by atoms with Crippen molar-refractivity contribution in [3.63, 3.8) is 0 Å². The summed E-state index contributed by atoms with van der Waals surface area (Å²) in [6.07, 6.45) is 1.39. The summed E-state index contributed by atoms with van der Waals surface area (Å²) in [5.74, 6) is 0.